The number of amides is 2. The number of benzene rings is 4. The third-order valence-corrected chi connectivity index (χ3v) is 10.7. The van der Waals surface area contributed by atoms with E-state index < -0.39 is 40.9 Å². The summed E-state index contributed by atoms with van der Waals surface area (Å²) in [6.07, 6.45) is 3.06. The lowest BCUT2D eigenvalue weighted by molar-refractivity contribution is -0.156. The Morgan fingerprint density at radius 3 is 2.34 bits per heavy atom. The van der Waals surface area contributed by atoms with Crippen molar-refractivity contribution in [2.75, 3.05) is 12.0 Å². The number of methoxy groups -OCH3 is 1. The predicted octanol–water partition coefficient (Wildman–Crippen LogP) is 6.43. The number of hydrogen-bond donors (Lipinski definition) is 3. The number of carbonyl (C=O) groups excluding carboxylic acids is 3. The number of hydrogen-bond acceptors (Lipinski definition) is 7. The molecule has 2 aliphatic heterocycles. The SMILES string of the molecule is COc1ccc([C@@]2(O)C(=O)N(c3cccc(Cl)c3)[C@H](C(=O)NC3CCCCC3)[C@@]23C(=O)c2ccccc2O[C@@H]3NCc2ccc(Cl)cc2)cc1. The first-order valence-corrected chi connectivity index (χ1v) is 17.5. The van der Waals surface area contributed by atoms with Gasteiger partial charge in [-0.2, -0.15) is 0 Å². The standard InChI is InChI=1S/C39H37Cl2N3O6/c1-49-30-20-16-25(17-21-30)39(48)37(47)44(29-11-7-8-27(41)22-29)33(35(46)43-28-9-3-2-4-10-28)38(39)34(45)31-12-5-6-13-32(31)50-36(38)42-23-24-14-18-26(40)19-15-24/h5-8,11-22,28,33,36,42,48H,2-4,9-10,23H2,1H3,(H,43,46)/t33-,36+,38+,39-/m1/s1. The number of ketones is 1. The van der Waals surface area contributed by atoms with Gasteiger partial charge >= 0.3 is 0 Å². The van der Waals surface area contributed by atoms with E-state index >= 15 is 14.4 Å². The molecule has 4 atom stereocenters. The summed E-state index contributed by atoms with van der Waals surface area (Å²) in [5, 5.41) is 20.8. The molecule has 50 heavy (non-hydrogen) atoms. The lowest BCUT2D eigenvalue weighted by Gasteiger charge is -2.49. The van der Waals surface area contributed by atoms with Crippen LogP contribution in [0.1, 0.15) is 53.6 Å². The predicted molar refractivity (Wildman–Crippen MR) is 191 cm³/mol. The van der Waals surface area contributed by atoms with Crippen molar-refractivity contribution >= 4 is 46.5 Å². The van der Waals surface area contributed by atoms with Gasteiger partial charge in [0.05, 0.1) is 12.7 Å². The van der Waals surface area contributed by atoms with Crippen LogP contribution in [0.4, 0.5) is 5.69 Å². The summed E-state index contributed by atoms with van der Waals surface area (Å²) >= 11 is 12.6. The van der Waals surface area contributed by atoms with E-state index in [1.807, 2.05) is 12.1 Å². The van der Waals surface area contributed by atoms with Gasteiger partial charge in [0.25, 0.3) is 5.91 Å². The number of carbonyl (C=O) groups is 3. The van der Waals surface area contributed by atoms with E-state index in [2.05, 4.69) is 10.6 Å². The molecule has 2 fully saturated rings. The van der Waals surface area contributed by atoms with Crippen molar-refractivity contribution in [3.05, 3.63) is 124 Å². The number of nitrogens with zero attached hydrogens (tertiary/aromatic N) is 1. The van der Waals surface area contributed by atoms with Crippen LogP contribution < -0.4 is 25.0 Å². The number of halogens is 2. The molecule has 4 aromatic carbocycles. The van der Waals surface area contributed by atoms with Crippen LogP contribution in [0, 0.1) is 5.41 Å². The highest BCUT2D eigenvalue weighted by Gasteiger charge is 2.79. The number of fused-ring (bicyclic) bond motifs is 1. The van der Waals surface area contributed by atoms with E-state index in [1.165, 1.54) is 12.0 Å². The highest BCUT2D eigenvalue weighted by Crippen LogP contribution is 2.59. The first-order valence-electron chi connectivity index (χ1n) is 16.7. The normalized spacial score (nSPS) is 24.9. The van der Waals surface area contributed by atoms with Gasteiger partial charge in [-0.05, 0) is 78.6 Å². The fourth-order valence-electron chi connectivity index (χ4n) is 7.76. The number of aliphatic hydroxyl groups is 1. The van der Waals surface area contributed by atoms with E-state index in [4.69, 9.17) is 32.7 Å². The Hall–Kier alpha value is -4.41. The monoisotopic (exact) mass is 713 g/mol. The molecule has 2 heterocycles. The molecule has 0 unspecified atom stereocenters. The van der Waals surface area contributed by atoms with Gasteiger partial charge in [0.15, 0.2) is 23.0 Å². The average molecular weight is 715 g/mol. The number of anilines is 1. The Morgan fingerprint density at radius 2 is 1.64 bits per heavy atom. The smallest absolute Gasteiger partial charge is 0.265 e. The second kappa shape index (κ2) is 13.7. The van der Waals surface area contributed by atoms with Crippen LogP contribution in [0.2, 0.25) is 10.0 Å². The molecule has 1 saturated carbocycles. The van der Waals surface area contributed by atoms with Gasteiger partial charge in [-0.25, -0.2) is 0 Å². The third-order valence-electron chi connectivity index (χ3n) is 10.2. The topological polar surface area (TPSA) is 117 Å². The summed E-state index contributed by atoms with van der Waals surface area (Å²) in [6, 6.07) is 24.8. The maximum absolute atomic E-state index is 15.5. The number of nitrogens with one attached hydrogen (secondary N) is 2. The number of Topliss-reactive ketones (excluding diaryl/α,β-unsaturated/α-hetero) is 1. The fraction of sp³-hybridized carbons (Fsp3) is 0.308. The second-order valence-electron chi connectivity index (χ2n) is 13.0. The molecule has 9 nitrogen and oxygen atoms in total. The Balaban J connectivity index is 1.49. The summed E-state index contributed by atoms with van der Waals surface area (Å²) in [5.41, 5.74) is -3.61. The van der Waals surface area contributed by atoms with Crippen LogP contribution in [0.25, 0.3) is 0 Å². The highest BCUT2D eigenvalue weighted by atomic mass is 35.5. The highest BCUT2D eigenvalue weighted by molar-refractivity contribution is 6.31. The van der Waals surface area contributed by atoms with Gasteiger partial charge in [-0.3, -0.25) is 24.6 Å². The van der Waals surface area contributed by atoms with E-state index in [1.54, 1.807) is 84.9 Å². The molecule has 2 amide bonds. The molecule has 3 aliphatic rings. The Labute approximate surface area is 300 Å². The molecule has 7 rings (SSSR count). The molecule has 0 bridgehead atoms. The molecule has 0 aromatic heterocycles. The van der Waals surface area contributed by atoms with Crippen LogP contribution >= 0.6 is 23.2 Å². The van der Waals surface area contributed by atoms with Crippen LogP contribution in [0.5, 0.6) is 11.5 Å². The third kappa shape index (κ3) is 5.62. The minimum absolute atomic E-state index is 0.0953. The molecular weight excluding hydrogens is 677 g/mol. The minimum atomic E-state index is -2.63. The van der Waals surface area contributed by atoms with Crippen LogP contribution in [0.15, 0.2) is 97.1 Å². The summed E-state index contributed by atoms with van der Waals surface area (Å²) in [7, 11) is 1.50. The van der Waals surface area contributed by atoms with Gasteiger partial charge in [-0.1, -0.05) is 84.9 Å². The first kappa shape index (κ1) is 34.1. The maximum Gasteiger partial charge on any atom is 0.265 e. The van der Waals surface area contributed by atoms with E-state index in [9.17, 15) is 5.11 Å². The lowest BCUT2D eigenvalue weighted by Crippen LogP contribution is -2.71. The zero-order chi connectivity index (χ0) is 35.0. The first-order chi connectivity index (χ1) is 24.2. The molecule has 0 radical (unpaired) electrons. The Morgan fingerprint density at radius 1 is 0.920 bits per heavy atom. The van der Waals surface area contributed by atoms with Crippen molar-refractivity contribution in [3.63, 3.8) is 0 Å². The number of rotatable bonds is 8. The van der Waals surface area contributed by atoms with Gasteiger partial charge in [0.2, 0.25) is 5.91 Å². The van der Waals surface area contributed by atoms with Crippen LogP contribution in [-0.4, -0.2) is 48.1 Å². The summed E-state index contributed by atoms with van der Waals surface area (Å²) in [4.78, 5) is 47.0. The average Bonchev–Trinajstić information content (AvgIpc) is 3.35. The Bertz CT molecular complexity index is 1920. The van der Waals surface area contributed by atoms with Gasteiger partial charge in [0.1, 0.15) is 17.5 Å². The van der Waals surface area contributed by atoms with Gasteiger partial charge in [-0.15, -0.1) is 0 Å². The second-order valence-corrected chi connectivity index (χ2v) is 13.9. The molecule has 4 aromatic rings. The largest absolute Gasteiger partial charge is 0.497 e. The van der Waals surface area contributed by atoms with Crippen molar-refractivity contribution < 1.29 is 29.0 Å². The van der Waals surface area contributed by atoms with Crippen LogP contribution in [0.3, 0.4) is 0 Å². The van der Waals surface area contributed by atoms with E-state index in [-0.39, 0.29) is 35.2 Å². The maximum atomic E-state index is 15.5. The summed E-state index contributed by atoms with van der Waals surface area (Å²) in [6.45, 7) is 0.153. The van der Waals surface area contributed by atoms with Crippen molar-refractivity contribution in [3.8, 4) is 11.5 Å². The molecule has 3 N–H and O–H groups in total. The Kier molecular flexibility index (Phi) is 9.34. The number of para-hydroxylation sites is 1. The molecule has 1 spiro atoms. The van der Waals surface area contributed by atoms with Gasteiger partial charge < -0.3 is 19.9 Å². The van der Waals surface area contributed by atoms with Crippen molar-refractivity contribution in [2.45, 2.75) is 62.6 Å². The molecule has 1 aliphatic carbocycles. The lowest BCUT2D eigenvalue weighted by atomic mass is 9.60. The summed E-state index contributed by atoms with van der Waals surface area (Å²) < 4.78 is 12.0. The quantitative estimate of drug-likeness (QED) is 0.193. The molecule has 11 heteroatoms. The van der Waals surface area contributed by atoms with Crippen LogP contribution in [-0.2, 0) is 21.7 Å². The zero-order valence-electron chi connectivity index (χ0n) is 27.4. The van der Waals surface area contributed by atoms with E-state index in [0.717, 1.165) is 37.7 Å². The fourth-order valence-corrected chi connectivity index (χ4v) is 8.07. The van der Waals surface area contributed by atoms with Crippen molar-refractivity contribution in [2.24, 2.45) is 5.41 Å². The van der Waals surface area contributed by atoms with E-state index in [0.29, 0.717) is 15.8 Å². The molecule has 1 saturated heterocycles. The van der Waals surface area contributed by atoms with Gasteiger partial charge in [0, 0.05) is 28.3 Å². The van der Waals surface area contributed by atoms with Crippen molar-refractivity contribution in [1.82, 2.24) is 10.6 Å². The zero-order valence-corrected chi connectivity index (χ0v) is 28.9. The molecule has 258 valence electrons. The number of ether oxygens (including phenoxy) is 2. The minimum Gasteiger partial charge on any atom is -0.497 e. The van der Waals surface area contributed by atoms with Crippen molar-refractivity contribution in [1.29, 1.82) is 0 Å². The summed E-state index contributed by atoms with van der Waals surface area (Å²) in [5.74, 6) is -1.33. The molecular formula is C39H37Cl2N3O6.